The number of hydrogen-bond acceptors (Lipinski definition) is 4. The molecule has 0 aliphatic rings. The molecule has 0 unspecified atom stereocenters. The number of thiol groups is 1. The molecule has 2 aromatic carbocycles. The van der Waals surface area contributed by atoms with E-state index < -0.39 is 0 Å². The van der Waals surface area contributed by atoms with Gasteiger partial charge in [-0.1, -0.05) is 30.3 Å². The Kier molecular flexibility index (Phi) is 4.49. The highest BCUT2D eigenvalue weighted by Gasteiger charge is 2.25. The van der Waals surface area contributed by atoms with E-state index in [2.05, 4.69) is 17.6 Å². The highest BCUT2D eigenvalue weighted by Crippen LogP contribution is 2.42. The summed E-state index contributed by atoms with van der Waals surface area (Å²) in [6.45, 7) is 0. The molecule has 2 rings (SSSR count). The molecule has 20 heavy (non-hydrogen) atoms. The molecule has 0 aliphatic carbocycles. The molecule has 0 heterocycles. The first kappa shape index (κ1) is 14.2. The lowest BCUT2D eigenvalue weighted by molar-refractivity contribution is 0.392. The number of benzene rings is 2. The Morgan fingerprint density at radius 2 is 1.85 bits per heavy atom. The van der Waals surface area contributed by atoms with Gasteiger partial charge in [0.2, 0.25) is 11.1 Å². The predicted octanol–water partition coefficient (Wildman–Crippen LogP) is 4.07. The van der Waals surface area contributed by atoms with Crippen LogP contribution in [0.5, 0.6) is 11.5 Å². The van der Waals surface area contributed by atoms with Gasteiger partial charge < -0.3 is 9.47 Å². The molecular weight excluding hydrogens is 272 g/mol. The van der Waals surface area contributed by atoms with Crippen molar-refractivity contribution in [1.82, 2.24) is 0 Å². The van der Waals surface area contributed by atoms with E-state index in [1.54, 1.807) is 13.2 Å². The Labute approximate surface area is 123 Å². The van der Waals surface area contributed by atoms with Crippen molar-refractivity contribution >= 4 is 18.3 Å². The summed E-state index contributed by atoms with van der Waals surface area (Å²) in [6, 6.07) is 11.6. The molecule has 0 saturated carbocycles. The van der Waals surface area contributed by atoms with Crippen molar-refractivity contribution in [3.63, 3.8) is 0 Å². The van der Waals surface area contributed by atoms with Gasteiger partial charge in [-0.25, -0.2) is 0 Å². The van der Waals surface area contributed by atoms with Gasteiger partial charge in [0.05, 0.1) is 25.2 Å². The minimum Gasteiger partial charge on any atom is -0.496 e. The highest BCUT2D eigenvalue weighted by atomic mass is 32.1. The normalized spacial score (nSPS) is 9.90. The van der Waals surface area contributed by atoms with Gasteiger partial charge in [-0.3, -0.25) is 0 Å². The van der Waals surface area contributed by atoms with Crippen LogP contribution in [-0.4, -0.2) is 14.2 Å². The number of methoxy groups -OCH3 is 2. The fourth-order valence-corrected chi connectivity index (χ4v) is 2.48. The third-order valence-corrected chi connectivity index (χ3v) is 3.53. The maximum Gasteiger partial charge on any atom is 0.431 e. The van der Waals surface area contributed by atoms with E-state index in [1.165, 1.54) is 7.11 Å². The predicted molar refractivity (Wildman–Crippen MR) is 80.8 cm³/mol. The quantitative estimate of drug-likeness (QED) is 0.681. The second-order valence-electron chi connectivity index (χ2n) is 4.22. The molecule has 0 aliphatic heterocycles. The summed E-state index contributed by atoms with van der Waals surface area (Å²) in [5.41, 5.74) is 2.33. The van der Waals surface area contributed by atoms with Crippen LogP contribution < -0.4 is 9.47 Å². The minimum atomic E-state index is 0.297. The van der Waals surface area contributed by atoms with Crippen LogP contribution in [0.2, 0.25) is 0 Å². The average molecular weight is 287 g/mol. The average Bonchev–Trinajstić information content (AvgIpc) is 2.49. The highest BCUT2D eigenvalue weighted by molar-refractivity contribution is 7.80. The van der Waals surface area contributed by atoms with Crippen LogP contribution in [0.4, 0.5) is 5.69 Å². The molecule has 4 nitrogen and oxygen atoms in total. The molecule has 0 spiro atoms. The van der Waals surface area contributed by atoms with Gasteiger partial charge in [-0.2, -0.15) is 0 Å². The van der Waals surface area contributed by atoms with Gasteiger partial charge in [0.1, 0.15) is 5.75 Å². The van der Waals surface area contributed by atoms with Crippen LogP contribution in [0.25, 0.3) is 4.98 Å². The van der Waals surface area contributed by atoms with E-state index >= 15 is 0 Å². The van der Waals surface area contributed by atoms with Crippen molar-refractivity contribution in [2.75, 3.05) is 14.2 Å². The maximum absolute atomic E-state index is 9.03. The van der Waals surface area contributed by atoms with Crippen molar-refractivity contribution in [3.05, 3.63) is 52.5 Å². The van der Waals surface area contributed by atoms with E-state index in [0.717, 1.165) is 11.1 Å². The summed E-state index contributed by atoms with van der Waals surface area (Å²) in [4.78, 5) is 3.82. The van der Waals surface area contributed by atoms with E-state index in [-0.39, 0.29) is 0 Å². The molecule has 5 heteroatoms. The number of hydrogen-bond donors (Lipinski definition) is 1. The molecule has 0 N–H and O–H groups in total. The third-order valence-electron chi connectivity index (χ3n) is 3.05. The van der Waals surface area contributed by atoms with E-state index in [4.69, 9.17) is 14.9 Å². The van der Waals surface area contributed by atoms with Crippen LogP contribution in [0.1, 0.15) is 11.1 Å². The topological polar surface area (TPSA) is 46.6 Å². The first-order valence-corrected chi connectivity index (χ1v) is 6.51. The van der Waals surface area contributed by atoms with E-state index in [1.807, 2.05) is 30.3 Å². The standard InChI is InChI=1S/C15H14N2O2S/c1-18-13-9-12(17-16)14(19-2)15(20)11(13)8-10-6-4-3-5-7-10/h3-7,9H,8H2,1-2H3/p+1. The second kappa shape index (κ2) is 6.31. The molecule has 0 bridgehead atoms. The lowest BCUT2D eigenvalue weighted by Crippen LogP contribution is -1.98. The van der Waals surface area contributed by atoms with Gasteiger partial charge in [0, 0.05) is 12.0 Å². The number of diazo groups is 1. The van der Waals surface area contributed by atoms with Gasteiger partial charge in [0.25, 0.3) is 0 Å². The van der Waals surface area contributed by atoms with Crippen LogP contribution in [-0.2, 0) is 6.42 Å². The Balaban J connectivity index is 2.54. The zero-order chi connectivity index (χ0) is 14.5. The lowest BCUT2D eigenvalue weighted by Gasteiger charge is -2.12. The Hall–Kier alpha value is -2.19. The van der Waals surface area contributed by atoms with Gasteiger partial charge >= 0.3 is 5.69 Å². The Morgan fingerprint density at radius 1 is 1.15 bits per heavy atom. The summed E-state index contributed by atoms with van der Waals surface area (Å²) in [5.74, 6) is 1.05. The van der Waals surface area contributed by atoms with Crippen LogP contribution in [0.3, 0.4) is 0 Å². The number of rotatable bonds is 4. The van der Waals surface area contributed by atoms with Gasteiger partial charge in [-0.15, -0.1) is 12.6 Å². The first-order valence-electron chi connectivity index (χ1n) is 6.07. The molecule has 0 saturated heterocycles. The first-order chi connectivity index (χ1) is 9.71. The summed E-state index contributed by atoms with van der Waals surface area (Å²) >= 11 is 4.49. The zero-order valence-corrected chi connectivity index (χ0v) is 12.2. The van der Waals surface area contributed by atoms with E-state index in [0.29, 0.717) is 28.5 Å². The van der Waals surface area contributed by atoms with Crippen molar-refractivity contribution in [2.45, 2.75) is 11.3 Å². The molecular formula is C15H15N2O2S+. The molecule has 2 aromatic rings. The summed E-state index contributed by atoms with van der Waals surface area (Å²) in [7, 11) is 3.09. The van der Waals surface area contributed by atoms with Crippen molar-refractivity contribution in [1.29, 1.82) is 5.39 Å². The Bertz CT molecular complexity index is 651. The van der Waals surface area contributed by atoms with E-state index in [9.17, 15) is 0 Å². The fraction of sp³-hybridized carbons (Fsp3) is 0.200. The third kappa shape index (κ3) is 2.70. The molecule has 0 amide bonds. The second-order valence-corrected chi connectivity index (χ2v) is 4.67. The monoisotopic (exact) mass is 287 g/mol. The van der Waals surface area contributed by atoms with Crippen molar-refractivity contribution in [2.24, 2.45) is 0 Å². The molecule has 0 aromatic heterocycles. The van der Waals surface area contributed by atoms with Crippen LogP contribution >= 0.6 is 12.6 Å². The zero-order valence-electron chi connectivity index (χ0n) is 11.3. The van der Waals surface area contributed by atoms with Gasteiger partial charge in [-0.05, 0) is 5.56 Å². The minimum absolute atomic E-state index is 0.297. The fourth-order valence-electron chi connectivity index (χ4n) is 2.08. The number of ether oxygens (including phenoxy) is 2. The summed E-state index contributed by atoms with van der Waals surface area (Å²) < 4.78 is 10.6. The Morgan fingerprint density at radius 3 is 2.40 bits per heavy atom. The summed E-state index contributed by atoms with van der Waals surface area (Å²) in [5, 5.41) is 9.03. The smallest absolute Gasteiger partial charge is 0.431 e. The summed E-state index contributed by atoms with van der Waals surface area (Å²) in [6.07, 6.45) is 0.658. The molecule has 0 fully saturated rings. The SMILES string of the molecule is COc1cc([N+]#N)c(OC)c(S)c1Cc1ccccc1. The van der Waals surface area contributed by atoms with Crippen LogP contribution in [0.15, 0.2) is 41.3 Å². The van der Waals surface area contributed by atoms with Crippen molar-refractivity contribution in [3.8, 4) is 11.5 Å². The van der Waals surface area contributed by atoms with Crippen molar-refractivity contribution < 1.29 is 9.47 Å². The van der Waals surface area contributed by atoms with Gasteiger partial charge in [0.15, 0.2) is 4.98 Å². The maximum atomic E-state index is 9.03. The molecule has 0 radical (unpaired) electrons. The number of nitrogens with zero attached hydrogens (tertiary/aromatic N) is 2. The largest absolute Gasteiger partial charge is 0.496 e. The van der Waals surface area contributed by atoms with Crippen LogP contribution in [0, 0.1) is 5.39 Å². The molecule has 0 atom stereocenters. The lowest BCUT2D eigenvalue weighted by atomic mass is 10.0. The molecule has 102 valence electrons.